The fraction of sp³-hybridized carbons (Fsp3) is 0. The normalized spacial score (nSPS) is 9.33. The van der Waals surface area contributed by atoms with Gasteiger partial charge in [-0.25, -0.2) is 0 Å². The van der Waals surface area contributed by atoms with E-state index in [-0.39, 0.29) is 25.5 Å². The molecular weight excluding hydrogens is 328 g/mol. The molecule has 0 spiro atoms. The van der Waals surface area contributed by atoms with E-state index in [1.807, 2.05) is 18.2 Å². The molecule has 12 heavy (non-hydrogen) atoms. The van der Waals surface area contributed by atoms with Gasteiger partial charge in [0.15, 0.2) is 0 Å². The smallest absolute Gasteiger partial charge is 0.141 e. The van der Waals surface area contributed by atoms with Crippen molar-refractivity contribution in [3.05, 3.63) is 36.5 Å². The van der Waals surface area contributed by atoms with Crippen LogP contribution in [0.2, 0.25) is 0 Å². The van der Waals surface area contributed by atoms with Crippen molar-refractivity contribution in [2.75, 3.05) is 0 Å². The van der Waals surface area contributed by atoms with Crippen molar-refractivity contribution in [1.82, 2.24) is 4.98 Å². The monoisotopic (exact) mass is 337 g/mol. The zero-order valence-electron chi connectivity index (χ0n) is 6.21. The fourth-order valence-electron chi connectivity index (χ4n) is 1.09. The number of phenols is 1. The predicted octanol–water partition coefficient (Wildman–Crippen LogP) is 1.94. The molecule has 0 unspecified atom stereocenters. The Morgan fingerprint density at radius 1 is 1.08 bits per heavy atom. The largest absolute Gasteiger partial charge is 0.506 e. The molecule has 1 heterocycles. The van der Waals surface area contributed by atoms with Crippen LogP contribution in [0.15, 0.2) is 36.5 Å². The van der Waals surface area contributed by atoms with Crippen LogP contribution in [0.25, 0.3) is 10.9 Å². The zero-order chi connectivity index (χ0) is 7.68. The standard InChI is InChI=1S/C9H7NO.Os/c11-8-5-1-3-7-4-2-6-10-9(7)8;/h1-6,11H;. The third kappa shape index (κ3) is 1.47. The Labute approximate surface area is 83.3 Å². The molecule has 3 heteroatoms. The predicted molar refractivity (Wildman–Crippen MR) is 43.4 cm³/mol. The molecule has 0 aliphatic carbocycles. The van der Waals surface area contributed by atoms with Gasteiger partial charge in [0.05, 0.1) is 0 Å². The third-order valence-electron chi connectivity index (χ3n) is 1.61. The molecule has 1 aromatic carbocycles. The fourth-order valence-corrected chi connectivity index (χ4v) is 1.09. The van der Waals surface area contributed by atoms with Crippen LogP contribution < -0.4 is 0 Å². The van der Waals surface area contributed by atoms with Crippen LogP contribution in [0.5, 0.6) is 5.75 Å². The maximum absolute atomic E-state index is 9.31. The summed E-state index contributed by atoms with van der Waals surface area (Å²) in [6, 6.07) is 9.13. The number of benzene rings is 1. The summed E-state index contributed by atoms with van der Waals surface area (Å²) >= 11 is 0. The summed E-state index contributed by atoms with van der Waals surface area (Å²) in [5.41, 5.74) is 0.662. The van der Waals surface area contributed by atoms with Gasteiger partial charge in [-0.1, -0.05) is 18.2 Å². The van der Waals surface area contributed by atoms with E-state index in [1.165, 1.54) is 0 Å². The first-order valence-corrected chi connectivity index (χ1v) is 3.40. The minimum absolute atomic E-state index is 0. The topological polar surface area (TPSA) is 33.1 Å². The summed E-state index contributed by atoms with van der Waals surface area (Å²) in [6.07, 6.45) is 1.67. The number of aromatic hydroxyl groups is 1. The van der Waals surface area contributed by atoms with Crippen LogP contribution >= 0.6 is 0 Å². The van der Waals surface area contributed by atoms with E-state index in [4.69, 9.17) is 0 Å². The first kappa shape index (κ1) is 9.16. The number of hydrogen-bond donors (Lipinski definition) is 1. The molecule has 2 aromatic rings. The average molecular weight is 335 g/mol. The Kier molecular flexibility index (Phi) is 2.78. The van der Waals surface area contributed by atoms with E-state index in [1.54, 1.807) is 18.3 Å². The Hall–Kier alpha value is -0.934. The minimum atomic E-state index is 0. The molecule has 1 N–H and O–H groups in total. The Bertz CT molecular complexity index is 384. The average Bonchev–Trinajstić information content (AvgIpc) is 2.06. The number of aromatic nitrogens is 1. The number of nitrogens with zero attached hydrogens (tertiary/aromatic N) is 1. The number of hydrogen-bond acceptors (Lipinski definition) is 2. The second kappa shape index (κ2) is 3.65. The van der Waals surface area contributed by atoms with Crippen molar-refractivity contribution in [2.45, 2.75) is 0 Å². The quantitative estimate of drug-likeness (QED) is 0.798. The molecule has 0 bridgehead atoms. The minimum Gasteiger partial charge on any atom is -0.506 e. The van der Waals surface area contributed by atoms with Gasteiger partial charge in [-0.05, 0) is 12.1 Å². The van der Waals surface area contributed by atoms with Gasteiger partial charge in [0.25, 0.3) is 0 Å². The van der Waals surface area contributed by atoms with Crippen molar-refractivity contribution in [1.29, 1.82) is 0 Å². The van der Waals surface area contributed by atoms with Crippen LogP contribution in [-0.2, 0) is 19.8 Å². The van der Waals surface area contributed by atoms with Crippen molar-refractivity contribution < 1.29 is 24.9 Å². The molecular formula is C9H7NOOs. The Balaban J connectivity index is 0.000000720. The van der Waals surface area contributed by atoms with Gasteiger partial charge < -0.3 is 5.11 Å². The maximum atomic E-state index is 9.31. The van der Waals surface area contributed by atoms with Gasteiger partial charge >= 0.3 is 0 Å². The summed E-state index contributed by atoms with van der Waals surface area (Å²) < 4.78 is 0. The second-order valence-corrected chi connectivity index (χ2v) is 2.35. The maximum Gasteiger partial charge on any atom is 0.141 e. The molecule has 0 saturated carbocycles. The van der Waals surface area contributed by atoms with Gasteiger partial charge in [0, 0.05) is 31.4 Å². The number of rotatable bonds is 0. The van der Waals surface area contributed by atoms with Crippen LogP contribution in [0.3, 0.4) is 0 Å². The van der Waals surface area contributed by atoms with Crippen molar-refractivity contribution in [2.24, 2.45) is 0 Å². The SMILES string of the molecule is Oc1cccc2cccnc12.[Os]. The molecule has 1 aromatic heterocycles. The molecule has 0 amide bonds. The number of fused-ring (bicyclic) bond motifs is 1. The van der Waals surface area contributed by atoms with Gasteiger partial charge in [-0.3, -0.25) is 4.98 Å². The summed E-state index contributed by atoms with van der Waals surface area (Å²) in [4.78, 5) is 4.03. The summed E-state index contributed by atoms with van der Waals surface area (Å²) in [7, 11) is 0. The Morgan fingerprint density at radius 3 is 2.58 bits per heavy atom. The van der Waals surface area contributed by atoms with Crippen LogP contribution in [-0.4, -0.2) is 10.1 Å². The van der Waals surface area contributed by atoms with Crippen molar-refractivity contribution >= 4 is 10.9 Å². The van der Waals surface area contributed by atoms with Crippen molar-refractivity contribution in [3.8, 4) is 5.75 Å². The molecule has 0 fully saturated rings. The van der Waals surface area contributed by atoms with Gasteiger partial charge in [0.1, 0.15) is 11.3 Å². The molecule has 0 atom stereocenters. The van der Waals surface area contributed by atoms with E-state index in [9.17, 15) is 5.11 Å². The van der Waals surface area contributed by atoms with Gasteiger partial charge in [0.2, 0.25) is 0 Å². The summed E-state index contributed by atoms with van der Waals surface area (Å²) in [5.74, 6) is 0.239. The van der Waals surface area contributed by atoms with E-state index in [0.29, 0.717) is 5.52 Å². The van der Waals surface area contributed by atoms with Crippen molar-refractivity contribution in [3.63, 3.8) is 0 Å². The molecule has 0 aliphatic rings. The van der Waals surface area contributed by atoms with Crippen LogP contribution in [0.4, 0.5) is 0 Å². The van der Waals surface area contributed by atoms with E-state index >= 15 is 0 Å². The summed E-state index contributed by atoms with van der Waals surface area (Å²) in [6.45, 7) is 0. The van der Waals surface area contributed by atoms with E-state index in [2.05, 4.69) is 4.98 Å². The first-order chi connectivity index (χ1) is 5.38. The third-order valence-corrected chi connectivity index (χ3v) is 1.61. The number of pyridine rings is 1. The molecule has 2 rings (SSSR count). The molecule has 2 nitrogen and oxygen atoms in total. The Morgan fingerprint density at radius 2 is 1.83 bits per heavy atom. The van der Waals surface area contributed by atoms with E-state index in [0.717, 1.165) is 5.39 Å². The molecule has 0 aliphatic heterocycles. The number of para-hydroxylation sites is 1. The molecule has 0 saturated heterocycles. The first-order valence-electron chi connectivity index (χ1n) is 3.40. The summed E-state index contributed by atoms with van der Waals surface area (Å²) in [5, 5.41) is 10.3. The second-order valence-electron chi connectivity index (χ2n) is 2.35. The zero-order valence-corrected chi connectivity index (χ0v) is 8.75. The van der Waals surface area contributed by atoms with Crippen LogP contribution in [0.1, 0.15) is 0 Å². The molecule has 0 radical (unpaired) electrons. The number of phenolic OH excluding ortho intramolecular Hbond substituents is 1. The molecule has 62 valence electrons. The van der Waals surface area contributed by atoms with Gasteiger partial charge in [-0.15, -0.1) is 0 Å². The van der Waals surface area contributed by atoms with Gasteiger partial charge in [-0.2, -0.15) is 0 Å². The van der Waals surface area contributed by atoms with Crippen LogP contribution in [0, 0.1) is 0 Å². The van der Waals surface area contributed by atoms with E-state index < -0.39 is 0 Å².